The van der Waals surface area contributed by atoms with Gasteiger partial charge < -0.3 is 10.3 Å². The molecule has 1 saturated carbocycles. The van der Waals surface area contributed by atoms with E-state index in [0.717, 1.165) is 11.1 Å². The highest BCUT2D eigenvalue weighted by atomic mass is 15.1. The molecule has 2 N–H and O–H groups in total. The highest BCUT2D eigenvalue weighted by Gasteiger charge is 2.24. The first-order chi connectivity index (χ1) is 7.25. The van der Waals surface area contributed by atoms with E-state index in [-0.39, 0.29) is 6.04 Å². The molecule has 0 saturated heterocycles. The lowest BCUT2D eigenvalue weighted by Gasteiger charge is -2.05. The molecule has 78 valence electrons. The first-order valence-electron chi connectivity index (χ1n) is 5.48. The molecule has 3 heteroatoms. The van der Waals surface area contributed by atoms with E-state index in [1.807, 2.05) is 13.3 Å². The Balaban J connectivity index is 2.13. The van der Waals surface area contributed by atoms with Crippen LogP contribution in [0.15, 0.2) is 24.5 Å². The van der Waals surface area contributed by atoms with Gasteiger partial charge in [-0.15, -0.1) is 0 Å². The number of hydrogen-bond donors (Lipinski definition) is 1. The fourth-order valence-electron chi connectivity index (χ4n) is 1.98. The van der Waals surface area contributed by atoms with Gasteiger partial charge in [-0.1, -0.05) is 6.07 Å². The van der Waals surface area contributed by atoms with Crippen LogP contribution in [0.1, 0.15) is 37.4 Å². The van der Waals surface area contributed by atoms with Crippen molar-refractivity contribution < 1.29 is 0 Å². The molecule has 1 aromatic carbocycles. The number of nitrogens with two attached hydrogens (primary N) is 1. The van der Waals surface area contributed by atoms with Gasteiger partial charge in [0, 0.05) is 12.1 Å². The molecule has 3 rings (SSSR count). The smallest absolute Gasteiger partial charge is 0.0960 e. The van der Waals surface area contributed by atoms with E-state index in [0.29, 0.717) is 6.04 Å². The number of fused-ring (bicyclic) bond motifs is 1. The van der Waals surface area contributed by atoms with E-state index >= 15 is 0 Å². The lowest BCUT2D eigenvalue weighted by atomic mass is 10.1. The quantitative estimate of drug-likeness (QED) is 0.810. The lowest BCUT2D eigenvalue weighted by molar-refractivity contribution is 0.765. The maximum absolute atomic E-state index is 5.85. The lowest BCUT2D eigenvalue weighted by Crippen LogP contribution is -2.04. The highest BCUT2D eigenvalue weighted by Crippen LogP contribution is 2.37. The Hall–Kier alpha value is -1.35. The molecule has 1 unspecified atom stereocenters. The van der Waals surface area contributed by atoms with Crippen LogP contribution in [0.4, 0.5) is 0 Å². The van der Waals surface area contributed by atoms with Crippen molar-refractivity contribution in [2.24, 2.45) is 5.73 Å². The first kappa shape index (κ1) is 8.92. The summed E-state index contributed by atoms with van der Waals surface area (Å²) >= 11 is 0. The number of hydrogen-bond acceptors (Lipinski definition) is 2. The summed E-state index contributed by atoms with van der Waals surface area (Å²) in [5, 5.41) is 0. The SMILES string of the molecule is CC(N)c1ccc2c(c1)ncn2C1CC1. The molecular formula is C12H15N3. The highest BCUT2D eigenvalue weighted by molar-refractivity contribution is 5.76. The van der Waals surface area contributed by atoms with Gasteiger partial charge in [0.1, 0.15) is 0 Å². The van der Waals surface area contributed by atoms with Crippen molar-refractivity contribution >= 4 is 11.0 Å². The third-order valence-corrected chi connectivity index (χ3v) is 3.06. The third-order valence-electron chi connectivity index (χ3n) is 3.06. The molecular weight excluding hydrogens is 186 g/mol. The summed E-state index contributed by atoms with van der Waals surface area (Å²) in [5.41, 5.74) is 9.31. The van der Waals surface area contributed by atoms with Crippen molar-refractivity contribution in [1.82, 2.24) is 9.55 Å². The molecule has 1 atom stereocenters. The summed E-state index contributed by atoms with van der Waals surface area (Å²) in [4.78, 5) is 4.43. The van der Waals surface area contributed by atoms with Gasteiger partial charge >= 0.3 is 0 Å². The molecule has 1 fully saturated rings. The topological polar surface area (TPSA) is 43.8 Å². The molecule has 1 heterocycles. The van der Waals surface area contributed by atoms with Crippen LogP contribution in [-0.4, -0.2) is 9.55 Å². The summed E-state index contributed by atoms with van der Waals surface area (Å²) in [5.74, 6) is 0. The zero-order chi connectivity index (χ0) is 10.4. The Bertz CT molecular complexity index is 495. The van der Waals surface area contributed by atoms with Crippen molar-refractivity contribution in [3.05, 3.63) is 30.1 Å². The number of nitrogens with zero attached hydrogens (tertiary/aromatic N) is 2. The molecule has 15 heavy (non-hydrogen) atoms. The third kappa shape index (κ3) is 1.43. The zero-order valence-electron chi connectivity index (χ0n) is 8.85. The Morgan fingerprint density at radius 2 is 2.27 bits per heavy atom. The van der Waals surface area contributed by atoms with Gasteiger partial charge in [0.25, 0.3) is 0 Å². The van der Waals surface area contributed by atoms with Crippen LogP contribution in [0.25, 0.3) is 11.0 Å². The van der Waals surface area contributed by atoms with E-state index in [2.05, 4.69) is 27.8 Å². The van der Waals surface area contributed by atoms with Crippen LogP contribution in [0, 0.1) is 0 Å². The zero-order valence-corrected chi connectivity index (χ0v) is 8.85. The number of imidazole rings is 1. The van der Waals surface area contributed by atoms with Gasteiger partial charge in [-0.05, 0) is 37.5 Å². The van der Waals surface area contributed by atoms with Crippen molar-refractivity contribution in [3.8, 4) is 0 Å². The number of benzene rings is 1. The van der Waals surface area contributed by atoms with E-state index < -0.39 is 0 Å². The van der Waals surface area contributed by atoms with Crippen LogP contribution in [0.5, 0.6) is 0 Å². The Kier molecular flexibility index (Phi) is 1.83. The molecule has 0 bridgehead atoms. The summed E-state index contributed by atoms with van der Waals surface area (Å²) in [6.45, 7) is 2.00. The summed E-state index contributed by atoms with van der Waals surface area (Å²) < 4.78 is 2.28. The van der Waals surface area contributed by atoms with Crippen LogP contribution in [0.2, 0.25) is 0 Å². The molecule has 3 nitrogen and oxygen atoms in total. The minimum Gasteiger partial charge on any atom is -0.327 e. The predicted octanol–water partition coefficient (Wildman–Crippen LogP) is 2.39. The summed E-state index contributed by atoms with van der Waals surface area (Å²) in [6, 6.07) is 7.11. The van der Waals surface area contributed by atoms with Gasteiger partial charge in [0.2, 0.25) is 0 Å². The van der Waals surface area contributed by atoms with Crippen molar-refractivity contribution in [2.75, 3.05) is 0 Å². The monoisotopic (exact) mass is 201 g/mol. The molecule has 2 aromatic rings. The average Bonchev–Trinajstić information content (AvgIpc) is 2.98. The molecule has 1 aliphatic rings. The second-order valence-corrected chi connectivity index (χ2v) is 4.42. The standard InChI is InChI=1S/C12H15N3/c1-8(13)9-2-5-12-11(6-9)14-7-15(12)10-3-4-10/h2,5-8,10H,3-4,13H2,1H3. The second-order valence-electron chi connectivity index (χ2n) is 4.42. The Labute approximate surface area is 88.9 Å². The average molecular weight is 201 g/mol. The van der Waals surface area contributed by atoms with E-state index in [9.17, 15) is 0 Å². The molecule has 1 aliphatic carbocycles. The fraction of sp³-hybridized carbons (Fsp3) is 0.417. The van der Waals surface area contributed by atoms with Crippen molar-refractivity contribution in [1.29, 1.82) is 0 Å². The van der Waals surface area contributed by atoms with Crippen LogP contribution in [0.3, 0.4) is 0 Å². The van der Waals surface area contributed by atoms with Crippen LogP contribution < -0.4 is 5.73 Å². The predicted molar refractivity (Wildman–Crippen MR) is 60.6 cm³/mol. The summed E-state index contributed by atoms with van der Waals surface area (Å²) in [7, 11) is 0. The molecule has 0 aliphatic heterocycles. The fourth-order valence-corrected chi connectivity index (χ4v) is 1.98. The van der Waals surface area contributed by atoms with E-state index in [1.54, 1.807) is 0 Å². The van der Waals surface area contributed by atoms with Crippen LogP contribution in [-0.2, 0) is 0 Å². The molecule has 0 spiro atoms. The minimum absolute atomic E-state index is 0.0838. The first-order valence-corrected chi connectivity index (χ1v) is 5.48. The second kappa shape index (κ2) is 3.07. The normalized spacial score (nSPS) is 18.3. The molecule has 0 radical (unpaired) electrons. The largest absolute Gasteiger partial charge is 0.327 e. The Morgan fingerprint density at radius 3 is 2.93 bits per heavy atom. The number of aromatic nitrogens is 2. The number of rotatable bonds is 2. The maximum atomic E-state index is 5.85. The van der Waals surface area contributed by atoms with Gasteiger partial charge in [0.05, 0.1) is 17.4 Å². The molecule has 1 aromatic heterocycles. The molecule has 0 amide bonds. The van der Waals surface area contributed by atoms with E-state index in [1.165, 1.54) is 18.4 Å². The van der Waals surface area contributed by atoms with Gasteiger partial charge in [-0.2, -0.15) is 0 Å². The van der Waals surface area contributed by atoms with Gasteiger partial charge in [-0.25, -0.2) is 4.98 Å². The summed E-state index contributed by atoms with van der Waals surface area (Å²) in [6.07, 6.45) is 4.54. The Morgan fingerprint density at radius 1 is 1.47 bits per heavy atom. The van der Waals surface area contributed by atoms with Crippen LogP contribution >= 0.6 is 0 Å². The van der Waals surface area contributed by atoms with Crippen molar-refractivity contribution in [2.45, 2.75) is 31.8 Å². The van der Waals surface area contributed by atoms with Gasteiger partial charge in [-0.3, -0.25) is 0 Å². The maximum Gasteiger partial charge on any atom is 0.0960 e. The van der Waals surface area contributed by atoms with E-state index in [4.69, 9.17) is 5.73 Å². The van der Waals surface area contributed by atoms with Crippen molar-refractivity contribution in [3.63, 3.8) is 0 Å². The minimum atomic E-state index is 0.0838. The van der Waals surface area contributed by atoms with Gasteiger partial charge in [0.15, 0.2) is 0 Å².